The molecule has 0 bridgehead atoms. The van der Waals surface area contributed by atoms with E-state index < -0.39 is 29.5 Å². The van der Waals surface area contributed by atoms with Crippen LogP contribution in [0.2, 0.25) is 0 Å². The zero-order valence-electron chi connectivity index (χ0n) is 15.4. The molecule has 0 spiro atoms. The normalized spacial score (nSPS) is 24.1. The number of aromatic hydroxyl groups is 2. The zero-order chi connectivity index (χ0) is 20.1. The van der Waals surface area contributed by atoms with Gasteiger partial charge in [0.05, 0.1) is 17.5 Å². The Morgan fingerprint density at radius 3 is 2.52 bits per heavy atom. The number of carboxylic acids is 1. The number of phenolic OH excluding ortho intramolecular Hbond substituents is 2. The van der Waals surface area contributed by atoms with E-state index in [4.69, 9.17) is 0 Å². The second kappa shape index (κ2) is 6.29. The second-order valence-electron chi connectivity index (χ2n) is 6.95. The topological polar surface area (TPSA) is 127 Å². The van der Waals surface area contributed by atoms with Gasteiger partial charge in [-0.15, -0.1) is 0 Å². The SMILES string of the molecule is CC=CCCC12NC(=O)CC(C(=O)O)N1C(=O)c1c(C)c(O)c(C)c(O)c12. The van der Waals surface area contributed by atoms with Crippen LogP contribution in [0.1, 0.15) is 53.2 Å². The number of rotatable bonds is 4. The van der Waals surface area contributed by atoms with Gasteiger partial charge in [0.15, 0.2) is 0 Å². The maximum atomic E-state index is 13.2. The first kappa shape index (κ1) is 18.8. The van der Waals surface area contributed by atoms with Crippen LogP contribution < -0.4 is 5.32 Å². The first-order chi connectivity index (χ1) is 12.7. The van der Waals surface area contributed by atoms with E-state index in [-0.39, 0.29) is 46.6 Å². The molecule has 1 aromatic rings. The van der Waals surface area contributed by atoms with Crippen molar-refractivity contribution < 1.29 is 29.7 Å². The Labute approximate surface area is 156 Å². The number of nitrogens with zero attached hydrogens (tertiary/aromatic N) is 1. The average molecular weight is 374 g/mol. The molecule has 2 unspecified atom stereocenters. The molecule has 8 nitrogen and oxygen atoms in total. The Hall–Kier alpha value is -3.03. The minimum Gasteiger partial charge on any atom is -0.507 e. The van der Waals surface area contributed by atoms with Crippen molar-refractivity contribution in [1.29, 1.82) is 0 Å². The molecule has 2 aliphatic rings. The summed E-state index contributed by atoms with van der Waals surface area (Å²) in [5.74, 6) is -2.96. The maximum absolute atomic E-state index is 13.2. The minimum absolute atomic E-state index is 0.0459. The number of phenols is 2. The van der Waals surface area contributed by atoms with Gasteiger partial charge < -0.3 is 20.6 Å². The lowest BCUT2D eigenvalue weighted by Gasteiger charge is -2.46. The Morgan fingerprint density at radius 1 is 1.26 bits per heavy atom. The van der Waals surface area contributed by atoms with Crippen molar-refractivity contribution in [3.8, 4) is 11.5 Å². The molecule has 2 heterocycles. The number of carbonyl (C=O) groups is 3. The molecule has 4 N–H and O–H groups in total. The van der Waals surface area contributed by atoms with Gasteiger partial charge in [-0.05, 0) is 33.6 Å². The van der Waals surface area contributed by atoms with E-state index in [1.165, 1.54) is 13.8 Å². The fourth-order valence-electron chi connectivity index (χ4n) is 4.13. The second-order valence-corrected chi connectivity index (χ2v) is 6.95. The molecule has 1 aromatic carbocycles. The molecule has 2 amide bonds. The van der Waals surface area contributed by atoms with E-state index in [1.54, 1.807) is 0 Å². The zero-order valence-corrected chi connectivity index (χ0v) is 15.4. The summed E-state index contributed by atoms with van der Waals surface area (Å²) >= 11 is 0. The van der Waals surface area contributed by atoms with Gasteiger partial charge >= 0.3 is 5.97 Å². The highest BCUT2D eigenvalue weighted by Gasteiger charge is 2.59. The number of benzene rings is 1. The molecule has 0 aromatic heterocycles. The molecule has 0 saturated carbocycles. The van der Waals surface area contributed by atoms with E-state index in [1.807, 2.05) is 19.1 Å². The van der Waals surface area contributed by atoms with Gasteiger partial charge in [0.1, 0.15) is 23.2 Å². The Kier molecular flexibility index (Phi) is 4.37. The van der Waals surface area contributed by atoms with Crippen molar-refractivity contribution >= 4 is 17.8 Å². The first-order valence-electron chi connectivity index (χ1n) is 8.71. The van der Waals surface area contributed by atoms with Crippen LogP contribution >= 0.6 is 0 Å². The lowest BCUT2D eigenvalue weighted by atomic mass is 9.86. The Bertz CT molecular complexity index is 891. The largest absolute Gasteiger partial charge is 0.507 e. The van der Waals surface area contributed by atoms with Crippen molar-refractivity contribution in [2.45, 2.75) is 51.7 Å². The quantitative estimate of drug-likeness (QED) is 0.594. The number of hydrogen-bond donors (Lipinski definition) is 4. The van der Waals surface area contributed by atoms with E-state index in [2.05, 4.69) is 5.32 Å². The summed E-state index contributed by atoms with van der Waals surface area (Å²) in [6.45, 7) is 4.87. The fraction of sp³-hybridized carbons (Fsp3) is 0.421. The van der Waals surface area contributed by atoms with Crippen LogP contribution in [0.25, 0.3) is 0 Å². The van der Waals surface area contributed by atoms with Crippen LogP contribution in [-0.2, 0) is 15.3 Å². The number of hydrogen-bond acceptors (Lipinski definition) is 5. The van der Waals surface area contributed by atoms with Gasteiger partial charge in [-0.1, -0.05) is 12.2 Å². The molecular formula is C19H22N2O6. The maximum Gasteiger partial charge on any atom is 0.327 e. The number of aliphatic carboxylic acids is 1. The van der Waals surface area contributed by atoms with E-state index >= 15 is 0 Å². The van der Waals surface area contributed by atoms with E-state index in [0.29, 0.717) is 6.42 Å². The lowest BCUT2D eigenvalue weighted by molar-refractivity contribution is -0.153. The summed E-state index contributed by atoms with van der Waals surface area (Å²) in [5, 5.41) is 33.4. The molecule has 27 heavy (non-hydrogen) atoms. The van der Waals surface area contributed by atoms with Crippen LogP contribution in [0.15, 0.2) is 12.2 Å². The monoisotopic (exact) mass is 374 g/mol. The van der Waals surface area contributed by atoms with Crippen molar-refractivity contribution in [3.05, 3.63) is 34.4 Å². The number of nitrogens with one attached hydrogen (secondary N) is 1. The third-order valence-corrected chi connectivity index (χ3v) is 5.42. The number of fused-ring (bicyclic) bond motifs is 3. The van der Waals surface area contributed by atoms with Crippen LogP contribution in [-0.4, -0.2) is 44.0 Å². The molecular weight excluding hydrogens is 352 g/mol. The van der Waals surface area contributed by atoms with Gasteiger partial charge in [-0.3, -0.25) is 14.5 Å². The molecule has 2 aliphatic heterocycles. The van der Waals surface area contributed by atoms with Gasteiger partial charge in [0, 0.05) is 11.1 Å². The first-order valence-corrected chi connectivity index (χ1v) is 8.71. The molecule has 1 saturated heterocycles. The summed E-state index contributed by atoms with van der Waals surface area (Å²) in [6, 6.07) is -1.36. The van der Waals surface area contributed by atoms with Crippen LogP contribution in [0.3, 0.4) is 0 Å². The number of carboxylic acid groups (broad SMARTS) is 1. The summed E-state index contributed by atoms with van der Waals surface area (Å²) in [6.07, 6.45) is 3.92. The van der Waals surface area contributed by atoms with Crippen molar-refractivity contribution in [2.75, 3.05) is 0 Å². The average Bonchev–Trinajstić information content (AvgIpc) is 2.86. The predicted molar refractivity (Wildman–Crippen MR) is 95.3 cm³/mol. The van der Waals surface area contributed by atoms with Crippen LogP contribution in [0.4, 0.5) is 0 Å². The van der Waals surface area contributed by atoms with Crippen molar-refractivity contribution in [1.82, 2.24) is 10.2 Å². The number of amides is 2. The smallest absolute Gasteiger partial charge is 0.327 e. The third kappa shape index (κ3) is 2.47. The highest BCUT2D eigenvalue weighted by atomic mass is 16.4. The molecule has 0 aliphatic carbocycles. The van der Waals surface area contributed by atoms with Crippen LogP contribution in [0.5, 0.6) is 11.5 Å². The number of allylic oxidation sites excluding steroid dienone is 2. The predicted octanol–water partition coefficient (Wildman–Crippen LogP) is 1.65. The van der Waals surface area contributed by atoms with E-state index in [9.17, 15) is 29.7 Å². The number of carbonyl (C=O) groups excluding carboxylic acids is 2. The fourth-order valence-corrected chi connectivity index (χ4v) is 4.13. The van der Waals surface area contributed by atoms with Gasteiger partial charge in [-0.2, -0.15) is 0 Å². The molecule has 3 rings (SSSR count). The van der Waals surface area contributed by atoms with E-state index in [0.717, 1.165) is 4.90 Å². The lowest BCUT2D eigenvalue weighted by Crippen LogP contribution is -2.66. The standard InChI is InChI=1S/C19H22N2O6/c1-4-5-6-7-19-14-13(9(2)15(23)10(3)16(14)24)17(25)21(19)11(18(26)27)8-12(22)20-19/h4-5,11,23-24H,6-8H2,1-3H3,(H,20,22)(H,26,27). The molecule has 8 heteroatoms. The van der Waals surface area contributed by atoms with Crippen molar-refractivity contribution in [3.63, 3.8) is 0 Å². The van der Waals surface area contributed by atoms with Crippen molar-refractivity contribution in [2.24, 2.45) is 0 Å². The highest BCUT2D eigenvalue weighted by molar-refractivity contribution is 6.07. The molecule has 144 valence electrons. The Morgan fingerprint density at radius 2 is 1.93 bits per heavy atom. The minimum atomic E-state index is -1.47. The van der Waals surface area contributed by atoms with Crippen LogP contribution in [0, 0.1) is 13.8 Å². The van der Waals surface area contributed by atoms with Gasteiger partial charge in [-0.25, -0.2) is 4.79 Å². The molecule has 2 atom stereocenters. The Balaban J connectivity index is 2.34. The summed E-state index contributed by atoms with van der Waals surface area (Å²) in [4.78, 5) is 38.5. The third-order valence-electron chi connectivity index (χ3n) is 5.42. The van der Waals surface area contributed by atoms with Gasteiger partial charge in [0.25, 0.3) is 5.91 Å². The van der Waals surface area contributed by atoms with Gasteiger partial charge in [0.2, 0.25) is 5.91 Å². The highest BCUT2D eigenvalue weighted by Crippen LogP contribution is 2.52. The summed E-state index contributed by atoms with van der Waals surface area (Å²) < 4.78 is 0. The summed E-state index contributed by atoms with van der Waals surface area (Å²) in [5.41, 5.74) is -0.840. The molecule has 1 fully saturated rings. The molecule has 0 radical (unpaired) electrons. The summed E-state index contributed by atoms with van der Waals surface area (Å²) in [7, 11) is 0.